The van der Waals surface area contributed by atoms with Gasteiger partial charge in [0.2, 0.25) is 5.91 Å². The first-order chi connectivity index (χ1) is 23.4. The first kappa shape index (κ1) is 33.3. The number of ether oxygens (including phenoxy) is 3. The third-order valence-corrected chi connectivity index (χ3v) is 9.35. The number of likely N-dealkylation sites (tertiary alicyclic amines) is 1. The molecule has 1 aromatic heterocycles. The van der Waals surface area contributed by atoms with Crippen LogP contribution in [0, 0.1) is 5.92 Å². The van der Waals surface area contributed by atoms with Crippen molar-refractivity contribution in [1.82, 2.24) is 20.2 Å². The molecule has 4 aromatic rings. The van der Waals surface area contributed by atoms with Gasteiger partial charge in [-0.25, -0.2) is 14.8 Å². The molecule has 12 heteroatoms. The number of aliphatic hydroxyl groups is 1. The van der Waals surface area contributed by atoms with Gasteiger partial charge in [0.15, 0.2) is 11.4 Å². The highest BCUT2D eigenvalue weighted by Gasteiger charge is 2.40. The molecule has 1 unspecified atom stereocenters. The Labute approximate surface area is 282 Å². The smallest absolute Gasteiger partial charge is 0.408 e. The molecule has 48 heavy (non-hydrogen) atoms. The maximum Gasteiger partial charge on any atom is 0.408 e. The quantitative estimate of drug-likeness (QED) is 0.126. The zero-order valence-corrected chi connectivity index (χ0v) is 27.1. The number of rotatable bonds is 11. The van der Waals surface area contributed by atoms with Crippen molar-refractivity contribution in [3.63, 3.8) is 0 Å². The number of aliphatic hydroxyl groups excluding tert-OH is 1. The van der Waals surface area contributed by atoms with Gasteiger partial charge in [0.25, 0.3) is 5.91 Å². The number of nitrogens with zero attached hydrogens (tertiary/aromatic N) is 3. The molecule has 2 saturated heterocycles. The molecule has 11 nitrogen and oxygen atoms in total. The van der Waals surface area contributed by atoms with Crippen LogP contribution in [0.5, 0.6) is 0 Å². The van der Waals surface area contributed by atoms with Crippen LogP contribution < -0.4 is 5.32 Å². The van der Waals surface area contributed by atoms with E-state index in [1.807, 2.05) is 78.9 Å². The van der Waals surface area contributed by atoms with Crippen molar-refractivity contribution in [2.75, 3.05) is 5.75 Å². The predicted molar refractivity (Wildman–Crippen MR) is 176 cm³/mol. The Kier molecular flexibility index (Phi) is 10.8. The number of nitrogens with one attached hydrogen (secondary N) is 1. The topological polar surface area (TPSA) is 140 Å². The highest BCUT2D eigenvalue weighted by molar-refractivity contribution is 7.99. The maximum absolute atomic E-state index is 13.1. The van der Waals surface area contributed by atoms with Crippen molar-refractivity contribution in [2.24, 2.45) is 5.92 Å². The summed E-state index contributed by atoms with van der Waals surface area (Å²) >= 11 is 1.52. The van der Waals surface area contributed by atoms with Gasteiger partial charge in [0, 0.05) is 29.6 Å². The van der Waals surface area contributed by atoms with E-state index in [-0.39, 0.29) is 50.2 Å². The molecule has 6 rings (SSSR count). The van der Waals surface area contributed by atoms with Crippen molar-refractivity contribution in [3.8, 4) is 0 Å². The van der Waals surface area contributed by atoms with Crippen LogP contribution in [0.15, 0.2) is 102 Å². The normalized spacial score (nSPS) is 22.5. The van der Waals surface area contributed by atoms with Crippen molar-refractivity contribution < 1.29 is 33.7 Å². The van der Waals surface area contributed by atoms with Gasteiger partial charge in [-0.3, -0.25) is 14.5 Å². The van der Waals surface area contributed by atoms with Gasteiger partial charge in [0.05, 0.1) is 31.8 Å². The zero-order chi connectivity index (χ0) is 33.5. The van der Waals surface area contributed by atoms with Crippen LogP contribution in [0.25, 0.3) is 0 Å². The number of carbonyl (C=O) groups excluding carboxylic acids is 3. The Morgan fingerprint density at radius 1 is 0.917 bits per heavy atom. The van der Waals surface area contributed by atoms with Crippen molar-refractivity contribution >= 4 is 29.7 Å². The van der Waals surface area contributed by atoms with Gasteiger partial charge in [-0.1, -0.05) is 97.5 Å². The highest BCUT2D eigenvalue weighted by atomic mass is 32.2. The summed E-state index contributed by atoms with van der Waals surface area (Å²) in [4.78, 5) is 47.9. The molecule has 3 aromatic carbocycles. The third-order valence-electron chi connectivity index (χ3n) is 8.38. The lowest BCUT2D eigenvalue weighted by molar-refractivity contribution is -0.268. The molecule has 0 radical (unpaired) electrons. The summed E-state index contributed by atoms with van der Waals surface area (Å²) < 4.78 is 18.3. The molecule has 0 aliphatic carbocycles. The molecule has 2 aliphatic heterocycles. The van der Waals surface area contributed by atoms with E-state index in [0.29, 0.717) is 10.9 Å². The summed E-state index contributed by atoms with van der Waals surface area (Å²) in [6.07, 6.45) is 1.39. The SMILES string of the molecule is C[C@H]1[C@@H](CSc2ncccn2)O[C@@H](c2ccc(CN3C(=O)CC(NC(=O)OCc4ccccc4)C3=O)cc2)O[C@H]1c1ccc(CO)cc1. The zero-order valence-electron chi connectivity index (χ0n) is 26.3. The summed E-state index contributed by atoms with van der Waals surface area (Å²) in [6.45, 7) is 2.18. The number of hydrogen-bond acceptors (Lipinski definition) is 10. The summed E-state index contributed by atoms with van der Waals surface area (Å²) in [5, 5.41) is 12.7. The van der Waals surface area contributed by atoms with Crippen molar-refractivity contribution in [3.05, 3.63) is 125 Å². The number of imide groups is 1. The molecule has 0 spiro atoms. The van der Waals surface area contributed by atoms with E-state index in [1.165, 1.54) is 11.8 Å². The van der Waals surface area contributed by atoms with Crippen LogP contribution in [0.2, 0.25) is 0 Å². The fraction of sp³-hybridized carbons (Fsp3) is 0.306. The van der Waals surface area contributed by atoms with E-state index in [1.54, 1.807) is 18.5 Å². The van der Waals surface area contributed by atoms with Gasteiger partial charge in [-0.15, -0.1) is 0 Å². The Hall–Kier alpha value is -4.62. The minimum atomic E-state index is -0.981. The Bertz CT molecular complexity index is 1690. The fourth-order valence-corrected chi connectivity index (χ4v) is 6.62. The van der Waals surface area contributed by atoms with Crippen LogP contribution in [0.4, 0.5) is 4.79 Å². The first-order valence-electron chi connectivity index (χ1n) is 15.7. The third kappa shape index (κ3) is 8.08. The largest absolute Gasteiger partial charge is 0.445 e. The van der Waals surface area contributed by atoms with Crippen LogP contribution in [-0.4, -0.2) is 55.8 Å². The van der Waals surface area contributed by atoms with Crippen LogP contribution in [-0.2, 0) is 43.6 Å². The number of amides is 3. The summed E-state index contributed by atoms with van der Waals surface area (Å²) in [6, 6.07) is 25.1. The second kappa shape index (κ2) is 15.5. The van der Waals surface area contributed by atoms with E-state index < -0.39 is 24.3 Å². The van der Waals surface area contributed by atoms with Crippen LogP contribution in [0.3, 0.4) is 0 Å². The van der Waals surface area contributed by atoms with Gasteiger partial charge in [-0.05, 0) is 28.3 Å². The molecule has 248 valence electrons. The highest BCUT2D eigenvalue weighted by Crippen LogP contribution is 2.42. The first-order valence-corrected chi connectivity index (χ1v) is 16.7. The Balaban J connectivity index is 1.10. The minimum absolute atomic E-state index is 0.000999. The van der Waals surface area contributed by atoms with E-state index >= 15 is 0 Å². The number of benzene rings is 3. The van der Waals surface area contributed by atoms with E-state index in [2.05, 4.69) is 22.2 Å². The Morgan fingerprint density at radius 2 is 1.60 bits per heavy atom. The maximum atomic E-state index is 13.1. The molecule has 0 bridgehead atoms. The van der Waals surface area contributed by atoms with Gasteiger partial charge in [-0.2, -0.15) is 0 Å². The van der Waals surface area contributed by atoms with E-state index in [9.17, 15) is 19.5 Å². The Morgan fingerprint density at radius 3 is 2.31 bits per heavy atom. The fourth-order valence-electron chi connectivity index (χ4n) is 5.66. The molecule has 2 fully saturated rings. The molecular weight excluding hydrogens is 632 g/mol. The molecular formula is C36H36N4O7S. The summed E-state index contributed by atoms with van der Waals surface area (Å²) in [5.74, 6) is -0.238. The second-order valence-electron chi connectivity index (χ2n) is 11.7. The van der Waals surface area contributed by atoms with Crippen LogP contribution >= 0.6 is 11.8 Å². The molecule has 0 saturated carbocycles. The lowest BCUT2D eigenvalue weighted by Crippen LogP contribution is -2.41. The summed E-state index contributed by atoms with van der Waals surface area (Å²) in [5.41, 5.74) is 4.14. The minimum Gasteiger partial charge on any atom is -0.445 e. The number of aromatic nitrogens is 2. The molecule has 3 heterocycles. The lowest BCUT2D eigenvalue weighted by Gasteiger charge is -2.41. The monoisotopic (exact) mass is 668 g/mol. The standard InChI is InChI=1S/C36H36N4O7S/c1-23-30(22-48-35-37-16-5-17-38-35)46-34(47-32(23)27-12-10-25(20-41)11-13-27)28-14-8-24(9-15-28)19-40-31(42)18-29(33(40)43)39-36(44)45-21-26-6-3-2-4-7-26/h2-17,23,29-30,32,34,41H,18-22H2,1H3,(H,39,44)/t23-,29?,30+,32+,34+/m0/s1. The van der Waals surface area contributed by atoms with Crippen LogP contribution in [0.1, 0.15) is 53.6 Å². The summed E-state index contributed by atoms with van der Waals surface area (Å²) in [7, 11) is 0. The predicted octanol–water partition coefficient (Wildman–Crippen LogP) is 5.11. The van der Waals surface area contributed by atoms with Gasteiger partial charge >= 0.3 is 6.09 Å². The second-order valence-corrected chi connectivity index (χ2v) is 12.7. The van der Waals surface area contributed by atoms with E-state index in [0.717, 1.165) is 32.7 Å². The molecule has 2 N–H and O–H groups in total. The molecule has 2 aliphatic rings. The number of thioether (sulfide) groups is 1. The average molecular weight is 669 g/mol. The van der Waals surface area contributed by atoms with Crippen molar-refractivity contribution in [2.45, 2.75) is 62.8 Å². The molecule has 3 amide bonds. The van der Waals surface area contributed by atoms with Gasteiger partial charge in [0.1, 0.15) is 12.6 Å². The van der Waals surface area contributed by atoms with Crippen molar-refractivity contribution in [1.29, 1.82) is 0 Å². The lowest BCUT2D eigenvalue weighted by atomic mass is 9.91. The number of hydrogen-bond donors (Lipinski definition) is 2. The van der Waals surface area contributed by atoms with Gasteiger partial charge < -0.3 is 24.6 Å². The number of alkyl carbamates (subject to hydrolysis) is 1. The molecule has 5 atom stereocenters. The average Bonchev–Trinajstić information content (AvgIpc) is 3.38. The van der Waals surface area contributed by atoms with E-state index in [4.69, 9.17) is 14.2 Å². The number of carbonyl (C=O) groups is 3.